The zero-order valence-corrected chi connectivity index (χ0v) is 39.3. The smallest absolute Gasteiger partial charge is 0.227 e. The second-order valence-corrected chi connectivity index (χ2v) is 17.2. The number of hydrogen-bond acceptors (Lipinski definition) is 8. The average molecular weight is 811 g/mol. The van der Waals surface area contributed by atoms with Gasteiger partial charge in [0.1, 0.15) is 5.84 Å². The van der Waals surface area contributed by atoms with E-state index in [0.717, 1.165) is 42.3 Å². The minimum Gasteiger partial charge on any atom is -0.386 e. The van der Waals surface area contributed by atoms with Crippen molar-refractivity contribution >= 4 is 58.7 Å². The average Bonchev–Trinajstić information content (AvgIpc) is 3.66. The summed E-state index contributed by atoms with van der Waals surface area (Å²) in [7, 11) is 0. The highest BCUT2D eigenvalue weighted by atomic mass is 32.1. The molecule has 0 radical (unpaired) electrons. The second kappa shape index (κ2) is 34.6. The third-order valence-electron chi connectivity index (χ3n) is 7.39. The molecule has 14 nitrogen and oxygen atoms in total. The normalized spacial score (nSPS) is 16.1. The molecule has 0 aromatic heterocycles. The summed E-state index contributed by atoms with van der Waals surface area (Å²) in [5.74, 6) is 4.37. The number of nitrogens with two attached hydrogens (primary N) is 2. The number of nitrogens with zero attached hydrogens (tertiary/aromatic N) is 4. The van der Waals surface area contributed by atoms with E-state index >= 15 is 0 Å². The molecule has 56 heavy (non-hydrogen) atoms. The van der Waals surface area contributed by atoms with E-state index in [0.29, 0.717) is 29.8 Å². The summed E-state index contributed by atoms with van der Waals surface area (Å²) >= 11 is 4.76. The number of thiocarbonyl (C=S) groups is 1. The maximum Gasteiger partial charge on any atom is 0.227 e. The first kappa shape index (κ1) is 59.1. The third kappa shape index (κ3) is 43.1. The van der Waals surface area contributed by atoms with Crippen LogP contribution in [0.25, 0.3) is 0 Å². The number of likely N-dealkylation sites (tertiary alicyclic amines) is 2. The quantitative estimate of drug-likeness (QED) is 0.0507. The molecular weight excluding hydrogens is 725 g/mol. The fourth-order valence-corrected chi connectivity index (χ4v) is 5.57. The Hall–Kier alpha value is -3.62. The van der Waals surface area contributed by atoms with Crippen LogP contribution in [0.4, 0.5) is 0 Å². The van der Waals surface area contributed by atoms with Gasteiger partial charge in [-0.15, -0.1) is 5.10 Å². The highest BCUT2D eigenvalue weighted by Gasteiger charge is 2.25. The molecule has 2 heterocycles. The molecule has 2 saturated heterocycles. The Morgan fingerprint density at radius 2 is 1.32 bits per heavy atom. The molecule has 0 aromatic rings. The first-order valence-electron chi connectivity index (χ1n) is 20.3. The highest BCUT2D eigenvalue weighted by molar-refractivity contribution is 7.80. The molecule has 2 rings (SSSR count). The van der Waals surface area contributed by atoms with Crippen LogP contribution in [-0.4, -0.2) is 94.0 Å². The van der Waals surface area contributed by atoms with Crippen molar-refractivity contribution in [2.45, 2.75) is 168 Å². The van der Waals surface area contributed by atoms with Gasteiger partial charge in [-0.25, -0.2) is 0 Å². The molecule has 15 heteroatoms. The second-order valence-electron chi connectivity index (χ2n) is 16.5. The Morgan fingerprint density at radius 3 is 1.59 bits per heavy atom. The summed E-state index contributed by atoms with van der Waals surface area (Å²) in [6, 6.07) is 1.29. The summed E-state index contributed by atoms with van der Waals surface area (Å²) in [6.45, 7) is 36.4. The molecule has 2 fully saturated rings. The monoisotopic (exact) mass is 811 g/mol. The zero-order valence-electron chi connectivity index (χ0n) is 38.5. The van der Waals surface area contributed by atoms with E-state index in [2.05, 4.69) is 72.6 Å². The van der Waals surface area contributed by atoms with Gasteiger partial charge in [0.2, 0.25) is 11.8 Å². The van der Waals surface area contributed by atoms with Crippen molar-refractivity contribution < 1.29 is 9.59 Å². The van der Waals surface area contributed by atoms with Gasteiger partial charge in [0, 0.05) is 56.8 Å². The van der Waals surface area contributed by atoms with E-state index in [1.807, 2.05) is 46.4 Å². The van der Waals surface area contributed by atoms with Crippen molar-refractivity contribution in [3.8, 4) is 0 Å². The molecule has 10 N–H and O–H groups in total. The van der Waals surface area contributed by atoms with Crippen molar-refractivity contribution in [3.05, 3.63) is 0 Å². The zero-order chi connectivity index (χ0) is 44.7. The number of carbonyl (C=O) groups is 2. The first-order valence-corrected chi connectivity index (χ1v) is 20.7. The van der Waals surface area contributed by atoms with Crippen LogP contribution < -0.4 is 27.4 Å². The molecule has 0 saturated carbocycles. The number of amidine groups is 3. The molecule has 0 bridgehead atoms. The molecule has 2 unspecified atom stereocenters. The fourth-order valence-electron chi connectivity index (χ4n) is 5.34. The van der Waals surface area contributed by atoms with Crippen molar-refractivity contribution in [1.82, 2.24) is 25.8 Å². The van der Waals surface area contributed by atoms with E-state index in [-0.39, 0.29) is 35.6 Å². The summed E-state index contributed by atoms with van der Waals surface area (Å²) in [5.41, 5.74) is 10.7. The number of rotatable bonds is 9. The number of amides is 2. The van der Waals surface area contributed by atoms with Gasteiger partial charge in [-0.1, -0.05) is 67.6 Å². The van der Waals surface area contributed by atoms with Crippen molar-refractivity contribution in [1.29, 1.82) is 16.2 Å². The predicted molar refractivity (Wildman–Crippen MR) is 246 cm³/mol. The van der Waals surface area contributed by atoms with Crippen LogP contribution >= 0.6 is 12.2 Å². The van der Waals surface area contributed by atoms with Gasteiger partial charge in [-0.3, -0.25) is 25.8 Å². The van der Waals surface area contributed by atoms with E-state index in [4.69, 9.17) is 39.9 Å². The minimum atomic E-state index is -0.0949. The summed E-state index contributed by atoms with van der Waals surface area (Å²) in [6.07, 6.45) is 7.92. The van der Waals surface area contributed by atoms with Crippen LogP contribution in [0.15, 0.2) is 10.2 Å². The van der Waals surface area contributed by atoms with Gasteiger partial charge in [-0.2, -0.15) is 5.10 Å². The summed E-state index contributed by atoms with van der Waals surface area (Å²) < 4.78 is 0. The van der Waals surface area contributed by atoms with Gasteiger partial charge in [0.15, 0.2) is 5.96 Å². The summed E-state index contributed by atoms with van der Waals surface area (Å²) in [5, 5.41) is 37.2. The van der Waals surface area contributed by atoms with E-state index in [9.17, 15) is 9.59 Å². The maximum absolute atomic E-state index is 10.7. The lowest BCUT2D eigenvalue weighted by atomic mass is 9.97. The minimum absolute atomic E-state index is 0.0368. The highest BCUT2D eigenvalue weighted by Crippen LogP contribution is 2.23. The van der Waals surface area contributed by atoms with Crippen LogP contribution in [0.5, 0.6) is 0 Å². The maximum atomic E-state index is 10.7. The number of carbonyl (C=O) groups excluding carboxylic acids is 2. The molecule has 2 aliphatic rings. The third-order valence-corrected chi connectivity index (χ3v) is 7.51. The SMILES string of the molecule is CC(=N)N1CCC(CC(C)C)C1.CC(=N)NC(=O)C(C)C.CC(=O)NC(C)C.CC(=S)NC(C)C.CC(C)CC1CCCN1C(=N)N.CC(N)=N/N=C/C(C)C. The van der Waals surface area contributed by atoms with Gasteiger partial charge in [-0.05, 0) is 111 Å². The van der Waals surface area contributed by atoms with Crippen LogP contribution in [0.2, 0.25) is 0 Å². The Kier molecular flexibility index (Phi) is 36.5. The van der Waals surface area contributed by atoms with E-state index in [1.165, 1.54) is 39.0 Å². The summed E-state index contributed by atoms with van der Waals surface area (Å²) in [4.78, 5) is 25.9. The van der Waals surface area contributed by atoms with E-state index in [1.54, 1.807) is 33.9 Å². The van der Waals surface area contributed by atoms with Crippen LogP contribution in [0, 0.1) is 45.8 Å². The predicted octanol–water partition coefficient (Wildman–Crippen LogP) is 7.37. The Labute approximate surface area is 348 Å². The van der Waals surface area contributed by atoms with Crippen molar-refractivity contribution in [2.75, 3.05) is 19.6 Å². The van der Waals surface area contributed by atoms with Gasteiger partial charge >= 0.3 is 0 Å². The molecule has 0 spiro atoms. The van der Waals surface area contributed by atoms with Gasteiger partial charge in [0.05, 0.1) is 16.7 Å². The van der Waals surface area contributed by atoms with Crippen LogP contribution in [0.3, 0.4) is 0 Å². The first-order chi connectivity index (χ1) is 25.6. The lowest BCUT2D eigenvalue weighted by molar-refractivity contribution is -0.122. The molecular formula is C41H86N12O2S. The number of guanidine groups is 1. The molecule has 328 valence electrons. The van der Waals surface area contributed by atoms with Crippen molar-refractivity contribution in [2.24, 2.45) is 51.3 Å². The van der Waals surface area contributed by atoms with E-state index < -0.39 is 0 Å². The van der Waals surface area contributed by atoms with Gasteiger partial charge < -0.3 is 37.2 Å². The van der Waals surface area contributed by atoms with Crippen molar-refractivity contribution in [3.63, 3.8) is 0 Å². The Bertz CT molecular complexity index is 1160. The molecule has 2 atom stereocenters. The lowest BCUT2D eigenvalue weighted by Crippen LogP contribution is -2.40. The van der Waals surface area contributed by atoms with Crippen LogP contribution in [0.1, 0.15) is 150 Å². The molecule has 0 aliphatic carbocycles. The molecule has 2 amide bonds. The largest absolute Gasteiger partial charge is 0.386 e. The standard InChI is InChI=1S/C10H20N2.C9H19N3.C6H13N3.C6H12N2O.C5H11NO.C5H11NS/c1-8(2)6-10-4-5-12(7-10)9(3)11;1-7(2)6-8-4-3-5-12(8)9(10)11;1-5(2)4-8-9-6(3)7;1-4(2)6(9)8-5(3)7;2*1-4(2)6-5(3)7/h8,10-11H,4-7H2,1-3H3;7-8H,3-6H2,1-2H3,(H3,10,11);4-5H,1-3H3,(H2,7,9);4H,1-3H3,(H2,7,8,9);2*4H,1-3H3,(H,6,7)/b;;8-4+;;;. The fraction of sp³-hybridized carbons (Fsp3) is 0.805. The topological polar surface area (TPSA) is 225 Å². The molecule has 0 aromatic carbocycles. The Balaban J connectivity index is -0.000000294. The number of hydrogen-bond donors (Lipinski definition) is 8. The number of nitrogens with one attached hydrogen (secondary N) is 6. The van der Waals surface area contributed by atoms with Crippen LogP contribution in [-0.2, 0) is 9.59 Å². The molecule has 2 aliphatic heterocycles. The van der Waals surface area contributed by atoms with Gasteiger partial charge in [0.25, 0.3) is 0 Å². The Morgan fingerprint density at radius 1 is 0.804 bits per heavy atom. The lowest BCUT2D eigenvalue weighted by Gasteiger charge is -2.25.